The van der Waals surface area contributed by atoms with Gasteiger partial charge in [0.15, 0.2) is 29.6 Å². The summed E-state index contributed by atoms with van der Waals surface area (Å²) in [5.41, 5.74) is 3.36. The lowest BCUT2D eigenvalue weighted by Crippen LogP contribution is -2.59. The van der Waals surface area contributed by atoms with Gasteiger partial charge in [-0.1, -0.05) is 30.3 Å². The van der Waals surface area contributed by atoms with Crippen molar-refractivity contribution in [3.63, 3.8) is 0 Å². The van der Waals surface area contributed by atoms with Gasteiger partial charge < -0.3 is 28.6 Å². The van der Waals surface area contributed by atoms with E-state index in [2.05, 4.69) is 5.43 Å². The Morgan fingerprint density at radius 1 is 1.10 bits per heavy atom. The number of rotatable bonds is 4. The molecule has 3 aromatic rings. The largest absolute Gasteiger partial charge is 0.519 e. The van der Waals surface area contributed by atoms with Gasteiger partial charge in [-0.2, -0.15) is 0 Å². The van der Waals surface area contributed by atoms with Gasteiger partial charge in [-0.15, -0.1) is 0 Å². The second-order valence-electron chi connectivity index (χ2n) is 6.81. The van der Waals surface area contributed by atoms with E-state index in [4.69, 9.17) is 18.3 Å². The van der Waals surface area contributed by atoms with E-state index in [9.17, 15) is 14.4 Å². The van der Waals surface area contributed by atoms with Crippen molar-refractivity contribution in [2.45, 2.75) is 12.8 Å². The molecule has 1 amide bonds. The zero-order chi connectivity index (χ0) is 20.7. The van der Waals surface area contributed by atoms with Gasteiger partial charge in [0.05, 0.1) is 13.2 Å². The molecule has 0 aliphatic carbocycles. The molecule has 154 valence electrons. The van der Waals surface area contributed by atoms with E-state index < -0.39 is 11.3 Å². The SMILES string of the molecule is O=C1c2c(OCc3oc(=O)oc3-c3ccccc3)c(=O)ccn2N[C@@H]2COCCN12. The minimum Gasteiger partial charge on any atom is -0.479 e. The van der Waals surface area contributed by atoms with Crippen LogP contribution in [0.4, 0.5) is 0 Å². The third kappa shape index (κ3) is 3.07. The fourth-order valence-corrected chi connectivity index (χ4v) is 3.57. The Bertz CT molecular complexity index is 1210. The second kappa shape index (κ2) is 7.23. The monoisotopic (exact) mass is 411 g/mol. The first-order chi connectivity index (χ1) is 14.6. The number of morpholine rings is 1. The Hall–Kier alpha value is -3.79. The van der Waals surface area contributed by atoms with Crippen LogP contribution in [-0.2, 0) is 11.3 Å². The highest BCUT2D eigenvalue weighted by Gasteiger charge is 2.37. The van der Waals surface area contributed by atoms with Crippen LogP contribution in [0.25, 0.3) is 11.3 Å². The van der Waals surface area contributed by atoms with Crippen molar-refractivity contribution in [1.29, 1.82) is 0 Å². The number of pyridine rings is 1. The average Bonchev–Trinajstić information content (AvgIpc) is 3.14. The summed E-state index contributed by atoms with van der Waals surface area (Å²) in [7, 11) is 0. The molecule has 1 N–H and O–H groups in total. The molecule has 10 nitrogen and oxygen atoms in total. The Balaban J connectivity index is 1.49. The molecule has 4 heterocycles. The number of hydrogen-bond acceptors (Lipinski definition) is 8. The molecular formula is C20H17N3O7. The summed E-state index contributed by atoms with van der Waals surface area (Å²) >= 11 is 0. The van der Waals surface area contributed by atoms with E-state index in [0.29, 0.717) is 25.3 Å². The van der Waals surface area contributed by atoms with Crippen LogP contribution in [0, 0.1) is 0 Å². The van der Waals surface area contributed by atoms with Gasteiger partial charge >= 0.3 is 5.82 Å². The summed E-state index contributed by atoms with van der Waals surface area (Å²) in [6.45, 7) is 0.891. The van der Waals surface area contributed by atoms with Gasteiger partial charge in [0.25, 0.3) is 5.91 Å². The van der Waals surface area contributed by atoms with Crippen LogP contribution in [-0.4, -0.2) is 41.4 Å². The third-order valence-electron chi connectivity index (χ3n) is 4.96. The number of fused-ring (bicyclic) bond motifs is 2. The number of ether oxygens (including phenoxy) is 2. The molecule has 1 aromatic carbocycles. The van der Waals surface area contributed by atoms with Gasteiger partial charge in [-0.05, 0) is 0 Å². The first-order valence-electron chi connectivity index (χ1n) is 9.34. The van der Waals surface area contributed by atoms with Crippen molar-refractivity contribution < 1.29 is 23.1 Å². The molecule has 10 heteroatoms. The predicted octanol–water partition coefficient (Wildman–Crippen LogP) is 0.996. The summed E-state index contributed by atoms with van der Waals surface area (Å²) in [6, 6.07) is 10.2. The fourth-order valence-electron chi connectivity index (χ4n) is 3.57. The smallest absolute Gasteiger partial charge is 0.479 e. The number of amides is 1. The summed E-state index contributed by atoms with van der Waals surface area (Å²) in [5.74, 6) is -1.03. The minimum atomic E-state index is -0.881. The van der Waals surface area contributed by atoms with Crippen molar-refractivity contribution in [2.24, 2.45) is 0 Å². The zero-order valence-corrected chi connectivity index (χ0v) is 15.7. The normalized spacial score (nSPS) is 17.8. The van der Waals surface area contributed by atoms with Gasteiger partial charge in [0.1, 0.15) is 6.17 Å². The molecule has 0 bridgehead atoms. The number of carbonyl (C=O) groups is 1. The number of hydrogen-bond donors (Lipinski definition) is 1. The van der Waals surface area contributed by atoms with Crippen LogP contribution in [0.1, 0.15) is 16.2 Å². The Morgan fingerprint density at radius 2 is 1.93 bits per heavy atom. The highest BCUT2D eigenvalue weighted by atomic mass is 16.6. The topological polar surface area (TPSA) is 116 Å². The Morgan fingerprint density at radius 3 is 2.77 bits per heavy atom. The lowest BCUT2D eigenvalue weighted by molar-refractivity contribution is -0.00329. The van der Waals surface area contributed by atoms with E-state index in [1.807, 2.05) is 6.07 Å². The van der Waals surface area contributed by atoms with Gasteiger partial charge in [-0.3, -0.25) is 14.3 Å². The maximum absolute atomic E-state index is 13.0. The summed E-state index contributed by atoms with van der Waals surface area (Å²) in [5, 5.41) is 0. The molecule has 5 rings (SSSR count). The van der Waals surface area contributed by atoms with Crippen LogP contribution in [0.3, 0.4) is 0 Å². The fraction of sp³-hybridized carbons (Fsp3) is 0.250. The molecule has 1 atom stereocenters. The number of aromatic nitrogens is 1. The quantitative estimate of drug-likeness (QED) is 0.676. The van der Waals surface area contributed by atoms with Gasteiger partial charge in [-0.25, -0.2) is 4.79 Å². The molecule has 1 saturated heterocycles. The van der Waals surface area contributed by atoms with Crippen LogP contribution in [0.5, 0.6) is 5.75 Å². The minimum absolute atomic E-state index is 0.0766. The van der Waals surface area contributed by atoms with Crippen molar-refractivity contribution in [2.75, 3.05) is 25.2 Å². The lowest BCUT2D eigenvalue weighted by Gasteiger charge is -2.41. The standard InChI is InChI=1S/C20H17N3O7/c24-13-6-7-23-16(19(25)22-8-9-27-11-15(22)21-23)18(13)28-10-14-17(30-20(26)29-14)12-4-2-1-3-5-12/h1-7,15,21H,8-11H2/t15-/m0/s1. The summed E-state index contributed by atoms with van der Waals surface area (Å²) in [4.78, 5) is 38.8. The number of carbonyl (C=O) groups excluding carboxylic acids is 1. The second-order valence-corrected chi connectivity index (χ2v) is 6.81. The molecule has 2 aromatic heterocycles. The number of nitrogens with zero attached hydrogens (tertiary/aromatic N) is 2. The van der Waals surface area contributed by atoms with Crippen molar-refractivity contribution in [3.05, 3.63) is 74.9 Å². The van der Waals surface area contributed by atoms with Gasteiger partial charge in [0, 0.05) is 24.4 Å². The summed E-state index contributed by atoms with van der Waals surface area (Å²) < 4.78 is 22.8. The Labute approximate surface area is 169 Å². The van der Waals surface area contributed by atoms with E-state index in [1.54, 1.807) is 29.2 Å². The molecule has 2 aliphatic rings. The van der Waals surface area contributed by atoms with Crippen LogP contribution in [0.15, 0.2) is 61.0 Å². The van der Waals surface area contributed by atoms with E-state index >= 15 is 0 Å². The van der Waals surface area contributed by atoms with Crippen molar-refractivity contribution >= 4 is 5.91 Å². The predicted molar refractivity (Wildman–Crippen MR) is 103 cm³/mol. The maximum Gasteiger partial charge on any atom is 0.519 e. The zero-order valence-electron chi connectivity index (χ0n) is 15.7. The molecule has 2 aliphatic heterocycles. The van der Waals surface area contributed by atoms with Crippen molar-refractivity contribution in [3.8, 4) is 17.1 Å². The third-order valence-corrected chi connectivity index (χ3v) is 4.96. The van der Waals surface area contributed by atoms with Gasteiger partial charge in [0.2, 0.25) is 5.43 Å². The molecule has 0 radical (unpaired) electrons. The highest BCUT2D eigenvalue weighted by molar-refractivity contribution is 5.96. The van der Waals surface area contributed by atoms with E-state index in [0.717, 1.165) is 0 Å². The number of nitrogens with one attached hydrogen (secondary N) is 1. The van der Waals surface area contributed by atoms with Crippen LogP contribution in [0.2, 0.25) is 0 Å². The molecule has 0 unspecified atom stereocenters. The Kier molecular flexibility index (Phi) is 4.40. The first-order valence-corrected chi connectivity index (χ1v) is 9.34. The maximum atomic E-state index is 13.0. The molecular weight excluding hydrogens is 394 g/mol. The van der Waals surface area contributed by atoms with Crippen molar-refractivity contribution in [1.82, 2.24) is 9.58 Å². The first kappa shape index (κ1) is 18.3. The molecule has 1 fully saturated rings. The average molecular weight is 411 g/mol. The van der Waals surface area contributed by atoms with Crippen LogP contribution >= 0.6 is 0 Å². The van der Waals surface area contributed by atoms with E-state index in [-0.39, 0.29) is 41.6 Å². The lowest BCUT2D eigenvalue weighted by atomic mass is 10.1. The molecule has 0 spiro atoms. The van der Waals surface area contributed by atoms with Crippen LogP contribution < -0.4 is 21.4 Å². The number of benzene rings is 1. The van der Waals surface area contributed by atoms with E-state index in [1.165, 1.54) is 16.9 Å². The highest BCUT2D eigenvalue weighted by Crippen LogP contribution is 2.26. The molecule has 30 heavy (non-hydrogen) atoms. The molecule has 0 saturated carbocycles. The summed E-state index contributed by atoms with van der Waals surface area (Å²) in [6.07, 6.45) is 1.15.